The minimum absolute atomic E-state index is 0.0246. The van der Waals surface area contributed by atoms with Gasteiger partial charge in [0.2, 0.25) is 0 Å². The maximum absolute atomic E-state index is 13.0. The van der Waals surface area contributed by atoms with Gasteiger partial charge in [0, 0.05) is 48.9 Å². The number of carbonyl (C=O) groups is 1. The van der Waals surface area contributed by atoms with Gasteiger partial charge in [0.1, 0.15) is 5.82 Å². The lowest BCUT2D eigenvalue weighted by atomic mass is 10.1. The van der Waals surface area contributed by atoms with Crippen LogP contribution < -0.4 is 4.90 Å². The Labute approximate surface area is 180 Å². The molecular formula is C23H22N6O. The van der Waals surface area contributed by atoms with Gasteiger partial charge in [0.05, 0.1) is 41.5 Å². The van der Waals surface area contributed by atoms with Crippen molar-refractivity contribution in [1.29, 1.82) is 0 Å². The number of pyridine rings is 3. The van der Waals surface area contributed by atoms with Crippen LogP contribution in [0.1, 0.15) is 34.4 Å². The van der Waals surface area contributed by atoms with Gasteiger partial charge in [-0.15, -0.1) is 0 Å². The molecule has 0 amide bonds. The summed E-state index contributed by atoms with van der Waals surface area (Å²) in [4.78, 5) is 31.4. The average Bonchev–Trinajstić information content (AvgIpc) is 3.32. The zero-order valence-corrected chi connectivity index (χ0v) is 16.4. The molecule has 0 unspecified atom stereocenters. The van der Waals surface area contributed by atoms with Crippen LogP contribution >= 0.6 is 0 Å². The standard InChI is InChI=1S/C23H22N6O/c1-28-15-24-14-21(28)19-5-4-17-13-26-18(11-20(17)27-19)12-22(30)16-6-7-25-23(10-16)29-8-2-3-9-29/h4-7,10-11,13-15H,2-3,8-9,12H2,1H3/i8D2,9D2. The quantitative estimate of drug-likeness (QED) is 0.476. The summed E-state index contributed by atoms with van der Waals surface area (Å²) in [5.41, 5.74) is 3.23. The van der Waals surface area contributed by atoms with Crippen LogP contribution in [0.15, 0.2) is 55.2 Å². The number of anilines is 1. The van der Waals surface area contributed by atoms with E-state index in [1.165, 1.54) is 12.3 Å². The van der Waals surface area contributed by atoms with E-state index in [1.54, 1.807) is 30.9 Å². The number of Topliss-reactive ketones (excluding diaryl/α,β-unsaturated/α-hetero) is 1. The largest absolute Gasteiger partial charge is 0.357 e. The van der Waals surface area contributed by atoms with Crippen molar-refractivity contribution < 1.29 is 10.3 Å². The Bertz CT molecular complexity index is 1390. The SMILES string of the molecule is [2H]C1([2H])CCC([2H])([2H])N1c1cc(C(=O)Cc2cc3nc(-c4cncn4C)ccc3cn2)ccn1. The second-order valence-corrected chi connectivity index (χ2v) is 7.11. The molecule has 0 radical (unpaired) electrons. The summed E-state index contributed by atoms with van der Waals surface area (Å²) in [5, 5.41) is 0.854. The van der Waals surface area contributed by atoms with Gasteiger partial charge >= 0.3 is 0 Å². The maximum Gasteiger partial charge on any atom is 0.169 e. The predicted molar refractivity (Wildman–Crippen MR) is 115 cm³/mol. The van der Waals surface area contributed by atoms with Crippen LogP contribution in [0.5, 0.6) is 0 Å². The van der Waals surface area contributed by atoms with Crippen molar-refractivity contribution in [3.63, 3.8) is 0 Å². The molecule has 4 aromatic heterocycles. The van der Waals surface area contributed by atoms with Crippen molar-refractivity contribution in [3.05, 3.63) is 66.5 Å². The fraction of sp³-hybridized carbons (Fsp3) is 0.261. The molecule has 0 aliphatic carbocycles. The van der Waals surface area contributed by atoms with E-state index < -0.39 is 13.0 Å². The Morgan fingerprint density at radius 3 is 2.80 bits per heavy atom. The molecule has 0 saturated carbocycles. The predicted octanol–water partition coefficient (Wildman–Crippen LogP) is 3.45. The molecule has 30 heavy (non-hydrogen) atoms. The Morgan fingerprint density at radius 2 is 2.00 bits per heavy atom. The Morgan fingerprint density at radius 1 is 1.13 bits per heavy atom. The van der Waals surface area contributed by atoms with Crippen LogP contribution in [-0.4, -0.2) is 43.3 Å². The first kappa shape index (κ1) is 14.4. The first-order valence-electron chi connectivity index (χ1n) is 11.7. The zero-order valence-electron chi connectivity index (χ0n) is 20.4. The first-order chi connectivity index (χ1) is 16.1. The van der Waals surface area contributed by atoms with Crippen LogP contribution in [0.2, 0.25) is 0 Å². The molecule has 0 spiro atoms. The van der Waals surface area contributed by atoms with Crippen LogP contribution in [0.25, 0.3) is 22.3 Å². The molecule has 1 saturated heterocycles. The summed E-state index contributed by atoms with van der Waals surface area (Å²) in [7, 11) is 1.90. The number of aryl methyl sites for hydroxylation is 1. The molecule has 0 N–H and O–H groups in total. The number of fused-ring (bicyclic) bond motifs is 1. The molecule has 0 atom stereocenters. The molecule has 7 nitrogen and oxygen atoms in total. The van der Waals surface area contributed by atoms with Gasteiger partial charge in [0.25, 0.3) is 0 Å². The maximum atomic E-state index is 13.0. The second kappa shape index (κ2) is 7.67. The summed E-state index contributed by atoms with van der Waals surface area (Å²) < 4.78 is 34.5. The lowest BCUT2D eigenvalue weighted by Crippen LogP contribution is -2.19. The number of imidazole rings is 1. The van der Waals surface area contributed by atoms with E-state index >= 15 is 0 Å². The monoisotopic (exact) mass is 402 g/mol. The van der Waals surface area contributed by atoms with Crippen molar-refractivity contribution in [2.45, 2.75) is 19.3 Å². The van der Waals surface area contributed by atoms with E-state index in [9.17, 15) is 4.79 Å². The van der Waals surface area contributed by atoms with Gasteiger partial charge in [-0.05, 0) is 43.2 Å². The third-order valence-corrected chi connectivity index (χ3v) is 5.01. The number of hydrogen-bond donors (Lipinski definition) is 0. The van der Waals surface area contributed by atoms with Gasteiger partial charge in [-0.1, -0.05) is 0 Å². The molecule has 4 aromatic rings. The van der Waals surface area contributed by atoms with Gasteiger partial charge in [-0.2, -0.15) is 0 Å². The fourth-order valence-corrected chi connectivity index (χ4v) is 3.44. The molecule has 1 aliphatic heterocycles. The van der Waals surface area contributed by atoms with Crippen LogP contribution in [-0.2, 0) is 13.5 Å². The number of ketones is 1. The van der Waals surface area contributed by atoms with E-state index in [0.29, 0.717) is 16.8 Å². The third kappa shape index (κ3) is 3.54. The summed E-state index contributed by atoms with van der Waals surface area (Å²) in [6, 6.07) is 8.61. The minimum Gasteiger partial charge on any atom is -0.357 e. The average molecular weight is 402 g/mol. The van der Waals surface area contributed by atoms with Crippen LogP contribution in [0.3, 0.4) is 0 Å². The third-order valence-electron chi connectivity index (χ3n) is 5.01. The normalized spacial score (nSPS) is 19.2. The van der Waals surface area contributed by atoms with E-state index in [2.05, 4.69) is 15.0 Å². The summed E-state index contributed by atoms with van der Waals surface area (Å²) >= 11 is 0. The van der Waals surface area contributed by atoms with Crippen LogP contribution in [0, 0.1) is 0 Å². The number of hydrogen-bond acceptors (Lipinski definition) is 6. The molecule has 5 rings (SSSR count). The lowest BCUT2D eigenvalue weighted by molar-refractivity contribution is 0.0992. The van der Waals surface area contributed by atoms with Crippen molar-refractivity contribution in [1.82, 2.24) is 24.5 Å². The minimum atomic E-state index is -1.88. The smallest absolute Gasteiger partial charge is 0.169 e. The zero-order chi connectivity index (χ0) is 24.1. The number of carbonyl (C=O) groups excluding carboxylic acids is 1. The highest BCUT2D eigenvalue weighted by molar-refractivity contribution is 5.98. The van der Waals surface area contributed by atoms with Crippen molar-refractivity contribution in [2.24, 2.45) is 7.05 Å². The molecule has 7 heteroatoms. The molecule has 5 heterocycles. The summed E-state index contributed by atoms with van der Waals surface area (Å²) in [6.45, 7) is -3.76. The topological polar surface area (TPSA) is 76.8 Å². The van der Waals surface area contributed by atoms with Gasteiger partial charge in [-0.25, -0.2) is 15.0 Å². The highest BCUT2D eigenvalue weighted by atomic mass is 16.1. The number of aromatic nitrogens is 5. The molecule has 150 valence electrons. The Kier molecular flexibility index (Phi) is 3.68. The van der Waals surface area contributed by atoms with Crippen molar-refractivity contribution in [3.8, 4) is 11.4 Å². The highest BCUT2D eigenvalue weighted by Gasteiger charge is 2.16. The summed E-state index contributed by atoms with van der Waals surface area (Å²) in [5.74, 6) is -0.120. The number of rotatable bonds is 5. The van der Waals surface area contributed by atoms with Gasteiger partial charge in [-0.3, -0.25) is 9.78 Å². The van der Waals surface area contributed by atoms with Crippen molar-refractivity contribution >= 4 is 22.5 Å². The summed E-state index contributed by atoms with van der Waals surface area (Å²) in [6.07, 6.45) is 6.66. The molecule has 1 fully saturated rings. The Balaban J connectivity index is 1.42. The van der Waals surface area contributed by atoms with Gasteiger partial charge < -0.3 is 9.47 Å². The molecule has 1 aliphatic rings. The van der Waals surface area contributed by atoms with E-state index in [1.807, 2.05) is 23.7 Å². The first-order valence-corrected chi connectivity index (χ1v) is 9.66. The van der Waals surface area contributed by atoms with E-state index in [4.69, 9.17) is 10.5 Å². The van der Waals surface area contributed by atoms with E-state index in [-0.39, 0.29) is 30.9 Å². The van der Waals surface area contributed by atoms with Gasteiger partial charge in [0.15, 0.2) is 5.78 Å². The second-order valence-electron chi connectivity index (χ2n) is 7.11. The number of nitrogens with zero attached hydrogens (tertiary/aromatic N) is 6. The van der Waals surface area contributed by atoms with Crippen molar-refractivity contribution in [2.75, 3.05) is 17.9 Å². The highest BCUT2D eigenvalue weighted by Crippen LogP contribution is 2.22. The molecule has 0 bridgehead atoms. The fourth-order valence-electron chi connectivity index (χ4n) is 3.44. The Hall–Kier alpha value is -3.61. The molecule has 0 aromatic carbocycles. The lowest BCUT2D eigenvalue weighted by Gasteiger charge is -2.16. The molecular weight excluding hydrogens is 376 g/mol. The van der Waals surface area contributed by atoms with Crippen LogP contribution in [0.4, 0.5) is 5.82 Å². The van der Waals surface area contributed by atoms with E-state index in [0.717, 1.165) is 21.7 Å².